The number of carbonyl (C=O) groups is 2. The molecule has 132 valence electrons. The molecule has 1 aromatic rings. The van der Waals surface area contributed by atoms with Crippen LogP contribution in [0.1, 0.15) is 30.5 Å². The fraction of sp³-hybridized carbons (Fsp3) is 0.333. The van der Waals surface area contributed by atoms with Gasteiger partial charge in [0.1, 0.15) is 5.57 Å². The third-order valence-corrected chi connectivity index (χ3v) is 2.80. The summed E-state index contributed by atoms with van der Waals surface area (Å²) in [6.07, 6.45) is -9.40. The lowest BCUT2D eigenvalue weighted by molar-refractivity contribution is -0.143. The number of esters is 1. The minimum atomic E-state index is -5.02. The molecule has 0 radical (unpaired) electrons. The van der Waals surface area contributed by atoms with Gasteiger partial charge in [-0.2, -0.15) is 26.3 Å². The molecule has 0 amide bonds. The number of Topliss-reactive ketones (excluding diaryl/α,β-unsaturated/α-hetero) is 1. The Morgan fingerprint density at radius 3 is 1.79 bits per heavy atom. The second kappa shape index (κ2) is 7.06. The molecule has 3 nitrogen and oxygen atoms in total. The molecule has 0 aliphatic rings. The largest absolute Gasteiger partial charge is 0.462 e. The van der Waals surface area contributed by atoms with Gasteiger partial charge in [-0.3, -0.25) is 4.79 Å². The Morgan fingerprint density at radius 2 is 1.46 bits per heavy atom. The van der Waals surface area contributed by atoms with Crippen LogP contribution in [0.4, 0.5) is 26.3 Å². The zero-order chi connectivity index (χ0) is 18.7. The summed E-state index contributed by atoms with van der Waals surface area (Å²) in [5.41, 5.74) is -4.33. The van der Waals surface area contributed by atoms with Crippen LogP contribution < -0.4 is 0 Å². The van der Waals surface area contributed by atoms with Gasteiger partial charge in [0.15, 0.2) is 5.78 Å². The van der Waals surface area contributed by atoms with Gasteiger partial charge >= 0.3 is 18.3 Å². The lowest BCUT2D eigenvalue weighted by Crippen LogP contribution is -2.14. The monoisotopic (exact) mass is 354 g/mol. The normalized spacial score (nSPS) is 12.9. The van der Waals surface area contributed by atoms with E-state index in [1.807, 2.05) is 0 Å². The van der Waals surface area contributed by atoms with Crippen LogP contribution in [0.5, 0.6) is 0 Å². The molecular formula is C15H12F6O3. The van der Waals surface area contributed by atoms with Gasteiger partial charge in [0.25, 0.3) is 0 Å². The van der Waals surface area contributed by atoms with Crippen LogP contribution in [0.3, 0.4) is 0 Å². The van der Waals surface area contributed by atoms with Crippen LogP contribution in [0.25, 0.3) is 6.08 Å². The van der Waals surface area contributed by atoms with Gasteiger partial charge in [-0.25, -0.2) is 4.79 Å². The van der Waals surface area contributed by atoms with Crippen LogP contribution in [-0.4, -0.2) is 18.4 Å². The SMILES string of the molecule is CCOC(=O)/C(=C\c1cc(C(F)(F)F)cc(C(F)(F)F)c1)C(C)=O. The summed E-state index contributed by atoms with van der Waals surface area (Å²) in [7, 11) is 0. The van der Waals surface area contributed by atoms with Crippen molar-refractivity contribution >= 4 is 17.8 Å². The molecule has 0 aromatic heterocycles. The molecule has 0 N–H and O–H groups in total. The number of ketones is 1. The fourth-order valence-corrected chi connectivity index (χ4v) is 1.74. The van der Waals surface area contributed by atoms with E-state index in [9.17, 15) is 35.9 Å². The maximum absolute atomic E-state index is 12.8. The molecule has 0 saturated carbocycles. The third-order valence-electron chi connectivity index (χ3n) is 2.80. The van der Waals surface area contributed by atoms with Gasteiger partial charge < -0.3 is 4.74 Å². The molecule has 0 aliphatic carbocycles. The van der Waals surface area contributed by atoms with Crippen LogP contribution >= 0.6 is 0 Å². The summed E-state index contributed by atoms with van der Waals surface area (Å²) < 4.78 is 81.1. The average Bonchev–Trinajstić information content (AvgIpc) is 2.42. The van der Waals surface area contributed by atoms with Crippen molar-refractivity contribution in [3.8, 4) is 0 Å². The van der Waals surface area contributed by atoms with E-state index >= 15 is 0 Å². The van der Waals surface area contributed by atoms with E-state index in [4.69, 9.17) is 0 Å². The van der Waals surface area contributed by atoms with Crippen molar-refractivity contribution in [3.05, 3.63) is 40.5 Å². The summed E-state index contributed by atoms with van der Waals surface area (Å²) in [5, 5.41) is 0. The second-order valence-corrected chi connectivity index (χ2v) is 4.67. The Bertz CT molecular complexity index is 639. The number of carbonyl (C=O) groups excluding carboxylic acids is 2. The highest BCUT2D eigenvalue weighted by molar-refractivity contribution is 6.19. The second-order valence-electron chi connectivity index (χ2n) is 4.67. The molecule has 1 aromatic carbocycles. The summed E-state index contributed by atoms with van der Waals surface area (Å²) >= 11 is 0. The first kappa shape index (κ1) is 19.7. The number of hydrogen-bond acceptors (Lipinski definition) is 3. The Hall–Kier alpha value is -2.32. The van der Waals surface area contributed by atoms with E-state index in [-0.39, 0.29) is 12.7 Å². The maximum Gasteiger partial charge on any atom is 0.416 e. The lowest BCUT2D eigenvalue weighted by Gasteiger charge is -2.13. The van der Waals surface area contributed by atoms with E-state index in [0.29, 0.717) is 18.2 Å². The number of benzene rings is 1. The molecule has 0 fully saturated rings. The summed E-state index contributed by atoms with van der Waals surface area (Å²) in [5.74, 6) is -1.98. The third kappa shape index (κ3) is 5.10. The highest BCUT2D eigenvalue weighted by atomic mass is 19.4. The first-order chi connectivity index (χ1) is 10.9. The van der Waals surface area contributed by atoms with Crippen LogP contribution in [0.2, 0.25) is 0 Å². The molecule has 1 rings (SSSR count). The molecule has 0 heterocycles. The molecule has 0 atom stereocenters. The Labute approximate surface area is 132 Å². The van der Waals surface area contributed by atoms with Gasteiger partial charge in [-0.05, 0) is 43.7 Å². The predicted octanol–water partition coefficient (Wildman–Crippen LogP) is 4.26. The van der Waals surface area contributed by atoms with Crippen LogP contribution in [0, 0.1) is 0 Å². The zero-order valence-corrected chi connectivity index (χ0v) is 12.5. The molecule has 9 heteroatoms. The molecule has 24 heavy (non-hydrogen) atoms. The van der Waals surface area contributed by atoms with E-state index in [2.05, 4.69) is 4.74 Å². The van der Waals surface area contributed by atoms with Gasteiger partial charge in [0.2, 0.25) is 0 Å². The standard InChI is InChI=1S/C15H12F6O3/c1-3-24-13(23)12(8(2)22)6-9-4-10(14(16,17)18)7-11(5-9)15(19,20)21/h4-7H,3H2,1-2H3/b12-6-. The van der Waals surface area contributed by atoms with Crippen molar-refractivity contribution in [1.29, 1.82) is 0 Å². The van der Waals surface area contributed by atoms with Crippen LogP contribution in [-0.2, 0) is 26.7 Å². The molecular weight excluding hydrogens is 342 g/mol. The van der Waals surface area contributed by atoms with Gasteiger partial charge in [-0.15, -0.1) is 0 Å². The molecule has 0 spiro atoms. The van der Waals surface area contributed by atoms with Crippen molar-refractivity contribution in [3.63, 3.8) is 0 Å². The molecule has 0 bridgehead atoms. The molecule has 0 saturated heterocycles. The summed E-state index contributed by atoms with van der Waals surface area (Å²) in [6.45, 7) is 2.27. The lowest BCUT2D eigenvalue weighted by atomic mass is 10.0. The van der Waals surface area contributed by atoms with Crippen LogP contribution in [0.15, 0.2) is 23.8 Å². The first-order valence-electron chi connectivity index (χ1n) is 6.55. The number of ether oxygens (including phenoxy) is 1. The van der Waals surface area contributed by atoms with Crippen molar-refractivity contribution < 1.29 is 40.7 Å². The number of halogens is 6. The van der Waals surface area contributed by atoms with Gasteiger partial charge in [-0.1, -0.05) is 0 Å². The van der Waals surface area contributed by atoms with E-state index in [0.717, 1.165) is 6.92 Å². The van der Waals surface area contributed by atoms with Crippen molar-refractivity contribution in [1.82, 2.24) is 0 Å². The van der Waals surface area contributed by atoms with E-state index in [1.165, 1.54) is 6.92 Å². The number of rotatable bonds is 4. The zero-order valence-electron chi connectivity index (χ0n) is 12.5. The Morgan fingerprint density at radius 1 is 1.00 bits per heavy atom. The highest BCUT2D eigenvalue weighted by Crippen LogP contribution is 2.36. The Kier molecular flexibility index (Phi) is 5.80. The van der Waals surface area contributed by atoms with Crippen molar-refractivity contribution in [2.24, 2.45) is 0 Å². The Balaban J connectivity index is 3.53. The summed E-state index contributed by atoms with van der Waals surface area (Å²) in [6, 6.07) is 0.782. The quantitative estimate of drug-likeness (QED) is 0.267. The smallest absolute Gasteiger partial charge is 0.416 e. The fourth-order valence-electron chi connectivity index (χ4n) is 1.74. The minimum Gasteiger partial charge on any atom is -0.462 e. The number of alkyl halides is 6. The number of hydrogen-bond donors (Lipinski definition) is 0. The van der Waals surface area contributed by atoms with Crippen molar-refractivity contribution in [2.75, 3.05) is 6.61 Å². The maximum atomic E-state index is 12.8. The van der Waals surface area contributed by atoms with Crippen molar-refractivity contribution in [2.45, 2.75) is 26.2 Å². The topological polar surface area (TPSA) is 43.4 Å². The van der Waals surface area contributed by atoms with Gasteiger partial charge in [0, 0.05) is 0 Å². The first-order valence-corrected chi connectivity index (χ1v) is 6.55. The summed E-state index contributed by atoms with van der Waals surface area (Å²) in [4.78, 5) is 23.0. The van der Waals surface area contributed by atoms with E-state index < -0.39 is 46.4 Å². The molecule has 0 aliphatic heterocycles. The average molecular weight is 354 g/mol. The van der Waals surface area contributed by atoms with Gasteiger partial charge in [0.05, 0.1) is 17.7 Å². The highest BCUT2D eigenvalue weighted by Gasteiger charge is 2.36. The predicted molar refractivity (Wildman–Crippen MR) is 71.7 cm³/mol. The minimum absolute atomic E-state index is 0.0465. The molecule has 0 unspecified atom stereocenters. The van der Waals surface area contributed by atoms with E-state index in [1.54, 1.807) is 0 Å².